The number of anilines is 2. The Bertz CT molecular complexity index is 984. The van der Waals surface area contributed by atoms with E-state index in [4.69, 9.17) is 27.9 Å². The lowest BCUT2D eigenvalue weighted by molar-refractivity contribution is -0.120. The largest absolute Gasteiger partial charge is 0.465 e. The van der Waals surface area contributed by atoms with E-state index in [1.165, 1.54) is 7.11 Å². The molecule has 1 aromatic heterocycles. The summed E-state index contributed by atoms with van der Waals surface area (Å²) in [6.45, 7) is 1.65. The van der Waals surface area contributed by atoms with Crippen LogP contribution in [0.4, 0.5) is 10.7 Å². The fourth-order valence-electron chi connectivity index (χ4n) is 3.52. The number of rotatable bonds is 5. The fourth-order valence-corrected chi connectivity index (χ4v) is 4.97. The molecule has 1 fully saturated rings. The van der Waals surface area contributed by atoms with Gasteiger partial charge < -0.3 is 15.4 Å². The van der Waals surface area contributed by atoms with Crippen LogP contribution in [0.15, 0.2) is 18.2 Å². The van der Waals surface area contributed by atoms with Gasteiger partial charge in [0.2, 0.25) is 5.91 Å². The molecule has 1 aromatic carbocycles. The lowest BCUT2D eigenvalue weighted by atomic mass is 9.89. The molecule has 9 heteroatoms. The first-order valence-corrected chi connectivity index (χ1v) is 11.2. The third-order valence-corrected chi connectivity index (χ3v) is 7.18. The van der Waals surface area contributed by atoms with Crippen molar-refractivity contribution >= 4 is 63.0 Å². The number of halogens is 2. The van der Waals surface area contributed by atoms with Gasteiger partial charge in [0.05, 0.1) is 33.3 Å². The van der Waals surface area contributed by atoms with Crippen LogP contribution in [0.5, 0.6) is 0 Å². The highest BCUT2D eigenvalue weighted by Gasteiger charge is 2.29. The van der Waals surface area contributed by atoms with E-state index < -0.39 is 11.9 Å². The second-order valence-electron chi connectivity index (χ2n) is 7.13. The summed E-state index contributed by atoms with van der Waals surface area (Å²) in [6.07, 6.45) is 4.80. The number of amides is 2. The minimum atomic E-state index is -0.609. The van der Waals surface area contributed by atoms with E-state index in [0.717, 1.165) is 43.4 Å². The van der Waals surface area contributed by atoms with Gasteiger partial charge in [-0.15, -0.1) is 11.3 Å². The zero-order chi connectivity index (χ0) is 21.8. The van der Waals surface area contributed by atoms with Gasteiger partial charge in [0.1, 0.15) is 5.00 Å². The Hall–Kier alpha value is -2.09. The highest BCUT2D eigenvalue weighted by atomic mass is 35.5. The first-order valence-electron chi connectivity index (χ1n) is 9.61. The van der Waals surface area contributed by atoms with Crippen LogP contribution in [0, 0.1) is 12.8 Å². The molecule has 2 aromatic rings. The molecule has 1 saturated carbocycles. The zero-order valence-electron chi connectivity index (χ0n) is 16.6. The van der Waals surface area contributed by atoms with Gasteiger partial charge in [-0.2, -0.15) is 0 Å². The van der Waals surface area contributed by atoms with Crippen molar-refractivity contribution in [3.63, 3.8) is 0 Å². The summed E-state index contributed by atoms with van der Waals surface area (Å²) in [4.78, 5) is 38.3. The van der Waals surface area contributed by atoms with Crippen LogP contribution < -0.4 is 10.6 Å². The third-order valence-electron chi connectivity index (χ3n) is 5.16. The second kappa shape index (κ2) is 9.81. The number of thiophene rings is 1. The Balaban J connectivity index is 1.89. The highest BCUT2D eigenvalue weighted by Crippen LogP contribution is 2.36. The molecule has 6 nitrogen and oxygen atoms in total. The number of benzene rings is 1. The van der Waals surface area contributed by atoms with E-state index >= 15 is 0 Å². The lowest BCUT2D eigenvalue weighted by Gasteiger charge is -2.20. The van der Waals surface area contributed by atoms with Crippen molar-refractivity contribution in [1.82, 2.24) is 0 Å². The van der Waals surface area contributed by atoms with Gasteiger partial charge in [-0.25, -0.2) is 4.79 Å². The maximum Gasteiger partial charge on any atom is 0.341 e. The quantitative estimate of drug-likeness (QED) is 0.533. The molecule has 3 rings (SSSR count). The predicted octanol–water partition coefficient (Wildman–Crippen LogP) is 5.92. The average molecular weight is 469 g/mol. The van der Waals surface area contributed by atoms with Gasteiger partial charge in [0.15, 0.2) is 0 Å². The summed E-state index contributed by atoms with van der Waals surface area (Å²) in [5.74, 6) is -1.28. The number of hydrogen-bond donors (Lipinski definition) is 2. The molecule has 0 bridgehead atoms. The van der Waals surface area contributed by atoms with Crippen molar-refractivity contribution in [2.45, 2.75) is 39.0 Å². The maximum absolute atomic E-state index is 12.9. The molecule has 0 radical (unpaired) electrons. The molecular formula is C21H22Cl2N2O4S. The van der Waals surface area contributed by atoms with Crippen LogP contribution in [-0.4, -0.2) is 24.9 Å². The molecular weight excluding hydrogens is 447 g/mol. The van der Waals surface area contributed by atoms with Crippen molar-refractivity contribution in [1.29, 1.82) is 0 Å². The molecule has 0 spiro atoms. The molecule has 160 valence electrons. The Kier molecular flexibility index (Phi) is 7.39. The van der Waals surface area contributed by atoms with E-state index in [0.29, 0.717) is 21.3 Å². The van der Waals surface area contributed by atoms with Crippen LogP contribution in [0.3, 0.4) is 0 Å². The summed E-state index contributed by atoms with van der Waals surface area (Å²) in [5, 5.41) is 6.41. The summed E-state index contributed by atoms with van der Waals surface area (Å²) in [5.41, 5.74) is 0.977. The third kappa shape index (κ3) is 4.79. The first kappa shape index (κ1) is 22.6. The van der Waals surface area contributed by atoms with Crippen LogP contribution in [0.1, 0.15) is 57.7 Å². The van der Waals surface area contributed by atoms with Gasteiger partial charge >= 0.3 is 5.97 Å². The summed E-state index contributed by atoms with van der Waals surface area (Å²) >= 11 is 13.2. The summed E-state index contributed by atoms with van der Waals surface area (Å²) < 4.78 is 4.88. The monoisotopic (exact) mass is 468 g/mol. The van der Waals surface area contributed by atoms with E-state index in [-0.39, 0.29) is 27.3 Å². The van der Waals surface area contributed by atoms with Crippen LogP contribution in [0.25, 0.3) is 0 Å². The molecule has 1 aliphatic carbocycles. The predicted molar refractivity (Wildman–Crippen MR) is 120 cm³/mol. The molecule has 1 heterocycles. The molecule has 2 amide bonds. The normalized spacial score (nSPS) is 14.3. The number of methoxy groups -OCH3 is 1. The van der Waals surface area contributed by atoms with Gasteiger partial charge in [-0.3, -0.25) is 9.59 Å². The Morgan fingerprint density at radius 3 is 2.47 bits per heavy atom. The minimum Gasteiger partial charge on any atom is -0.465 e. The molecule has 0 aliphatic heterocycles. The zero-order valence-corrected chi connectivity index (χ0v) is 19.0. The van der Waals surface area contributed by atoms with E-state index in [1.807, 2.05) is 0 Å². The maximum atomic E-state index is 12.9. The van der Waals surface area contributed by atoms with E-state index in [1.54, 1.807) is 25.1 Å². The minimum absolute atomic E-state index is 0.0887. The van der Waals surface area contributed by atoms with Crippen LogP contribution >= 0.6 is 34.5 Å². The Morgan fingerprint density at radius 1 is 1.10 bits per heavy atom. The molecule has 1 aliphatic rings. The van der Waals surface area contributed by atoms with Crippen molar-refractivity contribution in [2.24, 2.45) is 5.92 Å². The van der Waals surface area contributed by atoms with Crippen LogP contribution in [0.2, 0.25) is 10.0 Å². The van der Waals surface area contributed by atoms with E-state index in [2.05, 4.69) is 10.6 Å². The number of ether oxygens (including phenoxy) is 1. The van der Waals surface area contributed by atoms with Gasteiger partial charge in [-0.1, -0.05) is 48.5 Å². The Labute approximate surface area is 188 Å². The number of carbonyl (C=O) groups is 3. The topological polar surface area (TPSA) is 84.5 Å². The highest BCUT2D eigenvalue weighted by molar-refractivity contribution is 7.19. The second-order valence-corrected chi connectivity index (χ2v) is 8.94. The van der Waals surface area contributed by atoms with Crippen molar-refractivity contribution < 1.29 is 19.1 Å². The first-order chi connectivity index (χ1) is 14.3. The van der Waals surface area contributed by atoms with Crippen molar-refractivity contribution in [3.05, 3.63) is 44.2 Å². The Morgan fingerprint density at radius 2 is 1.80 bits per heavy atom. The SMILES string of the molecule is COC(=O)c1c(NC(=O)C2CCCCC2)sc(C(=O)Nc2cccc(Cl)c2Cl)c1C. The molecule has 0 saturated heterocycles. The number of esters is 1. The number of carbonyl (C=O) groups excluding carboxylic acids is 3. The lowest BCUT2D eigenvalue weighted by Crippen LogP contribution is -2.25. The van der Waals surface area contributed by atoms with Crippen LogP contribution in [-0.2, 0) is 9.53 Å². The average Bonchev–Trinajstić information content (AvgIpc) is 3.07. The molecule has 30 heavy (non-hydrogen) atoms. The van der Waals surface area contributed by atoms with Crippen molar-refractivity contribution in [3.8, 4) is 0 Å². The van der Waals surface area contributed by atoms with Crippen molar-refractivity contribution in [2.75, 3.05) is 17.7 Å². The number of hydrogen-bond acceptors (Lipinski definition) is 5. The molecule has 0 atom stereocenters. The summed E-state index contributed by atoms with van der Waals surface area (Å²) in [7, 11) is 1.26. The van der Waals surface area contributed by atoms with Gasteiger partial charge in [0, 0.05) is 5.92 Å². The van der Waals surface area contributed by atoms with E-state index in [9.17, 15) is 14.4 Å². The standard InChI is InChI=1S/C21H22Cl2N2O4S/c1-11-15(21(28)29-2)20(25-18(26)12-7-4-3-5-8-12)30-17(11)19(27)24-14-10-6-9-13(22)16(14)23/h6,9-10,12H,3-5,7-8H2,1-2H3,(H,24,27)(H,25,26). The molecule has 2 N–H and O–H groups in total. The fraction of sp³-hybridized carbons (Fsp3) is 0.381. The smallest absolute Gasteiger partial charge is 0.341 e. The summed E-state index contributed by atoms with van der Waals surface area (Å²) in [6, 6.07) is 4.91. The number of nitrogens with one attached hydrogen (secondary N) is 2. The molecule has 0 unspecified atom stereocenters. The van der Waals surface area contributed by atoms with Gasteiger partial charge in [-0.05, 0) is 37.5 Å². The van der Waals surface area contributed by atoms with Gasteiger partial charge in [0.25, 0.3) is 5.91 Å².